The lowest BCUT2D eigenvalue weighted by molar-refractivity contribution is -0.438. The van der Waals surface area contributed by atoms with Crippen molar-refractivity contribution >= 4 is 37.9 Å². The van der Waals surface area contributed by atoms with E-state index < -0.39 is 20.8 Å². The fourth-order valence-corrected chi connectivity index (χ4v) is 9.25. The Morgan fingerprint density at radius 3 is 2.32 bits per heavy atom. The van der Waals surface area contributed by atoms with Crippen molar-refractivity contribution in [3.63, 3.8) is 0 Å². The third-order valence-electron chi connectivity index (χ3n) is 11.1. The number of benzene rings is 2. The molecule has 0 amide bonds. The van der Waals surface area contributed by atoms with Gasteiger partial charge in [0, 0.05) is 65.5 Å². The Balaban J connectivity index is 1.49. The molecule has 0 saturated carbocycles. The lowest BCUT2D eigenvalue weighted by atomic mass is 9.81. The number of para-hydroxylation sites is 2. The summed E-state index contributed by atoms with van der Waals surface area (Å²) in [4.78, 5) is 2.33. The zero-order valence-electron chi connectivity index (χ0n) is 32.5. The molecule has 0 unspecified atom stereocenters. The summed E-state index contributed by atoms with van der Waals surface area (Å²) < 4.78 is 57.0. The molecule has 53 heavy (non-hydrogen) atoms. The van der Waals surface area contributed by atoms with Gasteiger partial charge in [0.15, 0.2) is 5.71 Å². The van der Waals surface area contributed by atoms with E-state index in [2.05, 4.69) is 129 Å². The van der Waals surface area contributed by atoms with E-state index in [0.717, 1.165) is 50.9 Å². The van der Waals surface area contributed by atoms with Crippen molar-refractivity contribution in [3.8, 4) is 0 Å². The van der Waals surface area contributed by atoms with Gasteiger partial charge in [-0.05, 0) is 93.6 Å². The van der Waals surface area contributed by atoms with Crippen LogP contribution in [0.15, 0.2) is 95.4 Å². The van der Waals surface area contributed by atoms with Crippen LogP contribution in [0.3, 0.4) is 0 Å². The first-order valence-electron chi connectivity index (χ1n) is 19.4. The van der Waals surface area contributed by atoms with Gasteiger partial charge in [0.25, 0.3) is 10.1 Å². The second-order valence-corrected chi connectivity index (χ2v) is 18.9. The van der Waals surface area contributed by atoms with Gasteiger partial charge in [-0.15, -0.1) is 0 Å². The third kappa shape index (κ3) is 9.80. The molecule has 0 atom stereocenters. The van der Waals surface area contributed by atoms with Crippen LogP contribution >= 0.6 is 0 Å². The molecule has 3 aliphatic rings. The smallest absolute Gasteiger partial charge is 0.264 e. The molecule has 2 aromatic rings. The summed E-state index contributed by atoms with van der Waals surface area (Å²) in [5.74, 6) is 0.635. The van der Waals surface area contributed by atoms with Crippen LogP contribution in [0.5, 0.6) is 0 Å². The summed E-state index contributed by atoms with van der Waals surface area (Å²) >= 11 is 0. The lowest BCUT2D eigenvalue weighted by Crippen LogP contribution is -2.28. The first kappa shape index (κ1) is 40.7. The standard InChI is InChI=1S/C43H59N3O5S2/c1-32(2)16-15-27-44-41-33(23-25-39-42(3,4)35-17-7-9-19-37(35)45(39)28-11-13-30-52(47)48)21-22-34(41)24-26-40-43(5,6)36-18-8-10-20-38(36)46(40)29-12-14-31-53(49,50)51/h7-10,17-20,23-26,32,52H,11-16,21-22,27-31H2,1-6H3,(H,49,50,51)/p+1/b34-24+,40-26+. The third-order valence-corrected chi connectivity index (χ3v) is 12.5. The quantitative estimate of drug-likeness (QED) is 0.0607. The first-order chi connectivity index (χ1) is 25.1. The normalized spacial score (nSPS) is 19.5. The first-order valence-corrected chi connectivity index (χ1v) is 22.3. The molecular weight excluding hydrogens is 703 g/mol. The molecule has 0 spiro atoms. The molecule has 0 bridgehead atoms. The van der Waals surface area contributed by atoms with Crippen LogP contribution in [0.1, 0.15) is 104 Å². The van der Waals surface area contributed by atoms with E-state index in [4.69, 9.17) is 0 Å². The Hall–Kier alpha value is -3.47. The van der Waals surface area contributed by atoms with Crippen molar-refractivity contribution in [1.29, 1.82) is 0 Å². The molecule has 2 N–H and O–H groups in total. The number of nitrogens with zero attached hydrogens (tertiary/aromatic N) is 2. The average molecular weight is 763 g/mol. The van der Waals surface area contributed by atoms with E-state index in [1.54, 1.807) is 0 Å². The van der Waals surface area contributed by atoms with E-state index in [9.17, 15) is 21.4 Å². The van der Waals surface area contributed by atoms with E-state index >= 15 is 0 Å². The summed E-state index contributed by atoms with van der Waals surface area (Å²) in [5, 5.41) is 3.85. The molecular formula is C43H60N3O5S2+. The molecule has 0 aromatic heterocycles. The average Bonchev–Trinajstić information content (AvgIpc) is 3.65. The number of allylic oxidation sites excluding steroid dienone is 7. The summed E-state index contributed by atoms with van der Waals surface area (Å²) in [7, 11) is -6.36. The minimum Gasteiger partial charge on any atom is -0.385 e. The molecule has 1 aliphatic carbocycles. The Morgan fingerprint density at radius 1 is 0.887 bits per heavy atom. The van der Waals surface area contributed by atoms with Crippen LogP contribution in [0.2, 0.25) is 0 Å². The second kappa shape index (κ2) is 17.3. The predicted octanol–water partition coefficient (Wildman–Crippen LogP) is 8.36. The van der Waals surface area contributed by atoms with Gasteiger partial charge >= 0.3 is 0 Å². The zero-order chi connectivity index (χ0) is 38.4. The van der Waals surface area contributed by atoms with Gasteiger partial charge in [0.2, 0.25) is 5.69 Å². The van der Waals surface area contributed by atoms with Gasteiger partial charge in [0.05, 0.1) is 11.2 Å². The largest absolute Gasteiger partial charge is 0.385 e. The molecule has 0 radical (unpaired) electrons. The van der Waals surface area contributed by atoms with E-state index in [0.29, 0.717) is 31.7 Å². The molecule has 0 fully saturated rings. The van der Waals surface area contributed by atoms with E-state index in [1.807, 2.05) is 0 Å². The van der Waals surface area contributed by atoms with Gasteiger partial charge in [0.1, 0.15) is 17.2 Å². The van der Waals surface area contributed by atoms with Crippen molar-refractivity contribution in [1.82, 2.24) is 5.32 Å². The van der Waals surface area contributed by atoms with Gasteiger partial charge in [-0.1, -0.05) is 76.2 Å². The summed E-state index contributed by atoms with van der Waals surface area (Å²) in [6.07, 6.45) is 15.8. The lowest BCUT2D eigenvalue weighted by Gasteiger charge is -2.27. The topological polar surface area (TPSA) is 107 Å². The number of thiol groups is 1. The van der Waals surface area contributed by atoms with Crippen LogP contribution in [-0.2, 0) is 31.7 Å². The number of anilines is 1. The Kier molecular flexibility index (Phi) is 13.3. The fraction of sp³-hybridized carbons (Fsp3) is 0.512. The van der Waals surface area contributed by atoms with Gasteiger partial charge < -0.3 is 10.2 Å². The minimum absolute atomic E-state index is 0.197. The van der Waals surface area contributed by atoms with Crippen LogP contribution in [0.4, 0.5) is 11.4 Å². The molecule has 5 rings (SSSR count). The molecule has 0 saturated heterocycles. The fourth-order valence-electron chi connectivity index (χ4n) is 8.20. The highest BCUT2D eigenvalue weighted by molar-refractivity contribution is 7.85. The SMILES string of the molecule is CC(C)CCCNC1=C(/C=C/C2=[N+](CCCC[SH](=O)=O)c3ccccc3C2(C)C)CC/C1=C\C=C1\N(CCCCS(=O)(=O)O)c2ccccc2C1(C)C. The highest BCUT2D eigenvalue weighted by Crippen LogP contribution is 2.48. The maximum absolute atomic E-state index is 11.4. The van der Waals surface area contributed by atoms with Crippen LogP contribution in [-0.4, -0.2) is 62.8 Å². The van der Waals surface area contributed by atoms with Crippen molar-refractivity contribution in [2.75, 3.05) is 36.0 Å². The van der Waals surface area contributed by atoms with Gasteiger partial charge in [-0.3, -0.25) is 4.55 Å². The number of rotatable bonds is 18. The molecule has 2 aromatic carbocycles. The van der Waals surface area contributed by atoms with E-state index in [1.165, 1.54) is 45.1 Å². The maximum Gasteiger partial charge on any atom is 0.264 e. The molecule has 10 heteroatoms. The monoisotopic (exact) mass is 762 g/mol. The Bertz CT molecular complexity index is 1990. The molecule has 2 heterocycles. The summed E-state index contributed by atoms with van der Waals surface area (Å²) in [6.45, 7) is 15.9. The Morgan fingerprint density at radius 2 is 1.60 bits per heavy atom. The number of hydrogen-bond acceptors (Lipinski definition) is 6. The maximum atomic E-state index is 11.4. The highest BCUT2D eigenvalue weighted by atomic mass is 32.2. The predicted molar refractivity (Wildman–Crippen MR) is 220 cm³/mol. The second-order valence-electron chi connectivity index (χ2n) is 16.2. The van der Waals surface area contributed by atoms with Crippen LogP contribution in [0, 0.1) is 5.92 Å². The van der Waals surface area contributed by atoms with E-state index in [-0.39, 0.29) is 22.3 Å². The molecule has 8 nitrogen and oxygen atoms in total. The van der Waals surface area contributed by atoms with Crippen molar-refractivity contribution < 1.29 is 26.0 Å². The number of nitrogens with one attached hydrogen (secondary N) is 1. The number of unbranched alkanes of at least 4 members (excludes halogenated alkanes) is 2. The summed E-state index contributed by atoms with van der Waals surface area (Å²) in [5.41, 5.74) is 10.6. The Labute approximate surface area is 320 Å². The van der Waals surface area contributed by atoms with Crippen molar-refractivity contribution in [2.45, 2.75) is 104 Å². The van der Waals surface area contributed by atoms with Gasteiger partial charge in [-0.2, -0.15) is 13.0 Å². The van der Waals surface area contributed by atoms with Crippen LogP contribution in [0.25, 0.3) is 0 Å². The summed E-state index contributed by atoms with van der Waals surface area (Å²) in [6, 6.07) is 17.0. The van der Waals surface area contributed by atoms with Crippen molar-refractivity contribution in [3.05, 3.63) is 107 Å². The zero-order valence-corrected chi connectivity index (χ0v) is 34.2. The van der Waals surface area contributed by atoms with Crippen molar-refractivity contribution in [2.24, 2.45) is 5.92 Å². The van der Waals surface area contributed by atoms with Gasteiger partial charge in [-0.25, -0.2) is 8.42 Å². The highest BCUT2D eigenvalue weighted by Gasteiger charge is 2.44. The van der Waals surface area contributed by atoms with Crippen LogP contribution < -0.4 is 10.2 Å². The molecule has 2 aliphatic heterocycles. The molecule has 288 valence electrons. The minimum atomic E-state index is -3.99. The number of hydrogen-bond donors (Lipinski definition) is 3. The number of fused-ring (bicyclic) bond motifs is 2.